The number of hydrogen-bond donors (Lipinski definition) is 1. The second-order valence-electron chi connectivity index (χ2n) is 5.66. The van der Waals surface area contributed by atoms with Crippen molar-refractivity contribution in [2.75, 3.05) is 33.3 Å². The van der Waals surface area contributed by atoms with Gasteiger partial charge in [0.1, 0.15) is 11.5 Å². The van der Waals surface area contributed by atoms with Crippen LogP contribution >= 0.6 is 11.3 Å². The van der Waals surface area contributed by atoms with Gasteiger partial charge in [-0.05, 0) is 23.6 Å². The topological polar surface area (TPSA) is 33.7 Å². The number of alkyl halides is 3. The fraction of sp³-hybridized carbons (Fsp3) is 0.412. The highest BCUT2D eigenvalue weighted by molar-refractivity contribution is 7.10. The summed E-state index contributed by atoms with van der Waals surface area (Å²) in [7, 11) is 1.46. The minimum Gasteiger partial charge on any atom is -0.496 e. The highest BCUT2D eigenvalue weighted by atomic mass is 32.1. The summed E-state index contributed by atoms with van der Waals surface area (Å²) < 4.78 is 46.8. The van der Waals surface area contributed by atoms with Gasteiger partial charge in [0.15, 0.2) is 0 Å². The SMILES string of the molecule is COc1cc(OC(F)(F)F)ccc1[C@H](c1cccs1)N1CCNCC1. The summed E-state index contributed by atoms with van der Waals surface area (Å²) in [5.74, 6) is 0.108. The molecular weight excluding hydrogens is 353 g/mol. The van der Waals surface area contributed by atoms with E-state index in [1.165, 1.54) is 19.2 Å². The molecule has 8 heteroatoms. The van der Waals surface area contributed by atoms with Gasteiger partial charge in [-0.25, -0.2) is 0 Å². The Hall–Kier alpha value is -1.77. The van der Waals surface area contributed by atoms with Gasteiger partial charge in [0.25, 0.3) is 0 Å². The lowest BCUT2D eigenvalue weighted by Crippen LogP contribution is -2.45. The minimum absolute atomic E-state index is 0.0583. The highest BCUT2D eigenvalue weighted by Gasteiger charge is 2.32. The van der Waals surface area contributed by atoms with Gasteiger partial charge in [0.2, 0.25) is 0 Å². The van der Waals surface area contributed by atoms with Crippen molar-refractivity contribution in [3.63, 3.8) is 0 Å². The quantitative estimate of drug-likeness (QED) is 0.869. The Balaban J connectivity index is 1.97. The Morgan fingerprint density at radius 1 is 1.20 bits per heavy atom. The van der Waals surface area contributed by atoms with Crippen molar-refractivity contribution in [3.8, 4) is 11.5 Å². The first-order valence-corrected chi connectivity index (χ1v) is 8.78. The molecule has 136 valence electrons. The lowest BCUT2D eigenvalue weighted by atomic mass is 10.0. The smallest absolute Gasteiger partial charge is 0.496 e. The van der Waals surface area contributed by atoms with Crippen LogP contribution in [-0.2, 0) is 0 Å². The lowest BCUT2D eigenvalue weighted by Gasteiger charge is -2.35. The van der Waals surface area contributed by atoms with E-state index in [4.69, 9.17) is 4.74 Å². The van der Waals surface area contributed by atoms with Crippen molar-refractivity contribution < 1.29 is 22.6 Å². The van der Waals surface area contributed by atoms with Crippen molar-refractivity contribution in [3.05, 3.63) is 46.2 Å². The van der Waals surface area contributed by atoms with Gasteiger partial charge in [-0.15, -0.1) is 24.5 Å². The van der Waals surface area contributed by atoms with Crippen LogP contribution < -0.4 is 14.8 Å². The van der Waals surface area contributed by atoms with Gasteiger partial charge in [-0.2, -0.15) is 0 Å². The van der Waals surface area contributed by atoms with Crippen LogP contribution in [0.15, 0.2) is 35.7 Å². The number of halogens is 3. The number of thiophene rings is 1. The molecule has 0 radical (unpaired) electrons. The molecule has 3 rings (SSSR count). The van der Waals surface area contributed by atoms with Crippen LogP contribution in [0.3, 0.4) is 0 Å². The monoisotopic (exact) mass is 372 g/mol. The Bertz CT molecular complexity index is 686. The zero-order valence-corrected chi connectivity index (χ0v) is 14.5. The highest BCUT2D eigenvalue weighted by Crippen LogP contribution is 2.39. The summed E-state index contributed by atoms with van der Waals surface area (Å²) in [5.41, 5.74) is 0.835. The van der Waals surface area contributed by atoms with Gasteiger partial charge in [-0.3, -0.25) is 4.90 Å². The number of nitrogens with zero attached hydrogens (tertiary/aromatic N) is 1. The van der Waals surface area contributed by atoms with Crippen molar-refractivity contribution >= 4 is 11.3 Å². The predicted molar refractivity (Wildman–Crippen MR) is 90.3 cm³/mol. The molecule has 0 unspecified atom stereocenters. The van der Waals surface area contributed by atoms with Crippen molar-refractivity contribution in [1.29, 1.82) is 0 Å². The largest absolute Gasteiger partial charge is 0.573 e. The molecule has 1 saturated heterocycles. The van der Waals surface area contributed by atoms with Crippen LogP contribution in [0, 0.1) is 0 Å². The number of benzene rings is 1. The molecule has 1 aromatic heterocycles. The molecule has 0 amide bonds. The number of hydrogen-bond acceptors (Lipinski definition) is 5. The molecule has 25 heavy (non-hydrogen) atoms. The normalized spacial score (nSPS) is 17.3. The summed E-state index contributed by atoms with van der Waals surface area (Å²) in [6.45, 7) is 3.46. The maximum Gasteiger partial charge on any atom is 0.573 e. The summed E-state index contributed by atoms with van der Waals surface area (Å²) in [6, 6.07) is 8.25. The maximum atomic E-state index is 12.5. The molecule has 0 aliphatic carbocycles. The fourth-order valence-electron chi connectivity index (χ4n) is 3.03. The standard InChI is InChI=1S/C17H19F3N2O2S/c1-23-14-11-12(24-17(18,19)20)4-5-13(14)16(15-3-2-10-25-15)22-8-6-21-7-9-22/h2-5,10-11,16,21H,6-9H2,1H3/t16-/m1/s1. The Morgan fingerprint density at radius 3 is 2.56 bits per heavy atom. The van der Waals surface area contributed by atoms with Crippen LogP contribution in [0.2, 0.25) is 0 Å². The van der Waals surface area contributed by atoms with E-state index in [0.29, 0.717) is 5.75 Å². The summed E-state index contributed by atoms with van der Waals surface area (Å²) in [4.78, 5) is 3.44. The third-order valence-electron chi connectivity index (χ3n) is 4.06. The number of piperazine rings is 1. The van der Waals surface area contributed by atoms with Gasteiger partial charge in [-0.1, -0.05) is 6.07 Å². The van der Waals surface area contributed by atoms with E-state index in [0.717, 1.165) is 36.6 Å². The number of methoxy groups -OCH3 is 1. The van der Waals surface area contributed by atoms with E-state index < -0.39 is 6.36 Å². The molecule has 1 aliphatic heterocycles. The van der Waals surface area contributed by atoms with E-state index >= 15 is 0 Å². The molecule has 1 aliphatic rings. The molecule has 1 aromatic carbocycles. The predicted octanol–water partition coefficient (Wildman–Crippen LogP) is 3.65. The maximum absolute atomic E-state index is 12.5. The van der Waals surface area contributed by atoms with E-state index in [-0.39, 0.29) is 11.8 Å². The fourth-order valence-corrected chi connectivity index (χ4v) is 3.91. The van der Waals surface area contributed by atoms with E-state index in [2.05, 4.69) is 15.0 Å². The van der Waals surface area contributed by atoms with Crippen LogP contribution in [0.4, 0.5) is 13.2 Å². The Labute approximate surface area is 148 Å². The minimum atomic E-state index is -4.72. The molecule has 0 bridgehead atoms. The zero-order chi connectivity index (χ0) is 17.9. The van der Waals surface area contributed by atoms with Gasteiger partial charge in [0, 0.05) is 42.7 Å². The Kier molecular flexibility index (Phi) is 5.51. The van der Waals surface area contributed by atoms with Crippen molar-refractivity contribution in [2.45, 2.75) is 12.4 Å². The van der Waals surface area contributed by atoms with Crippen LogP contribution in [0.5, 0.6) is 11.5 Å². The molecule has 0 saturated carbocycles. The molecule has 4 nitrogen and oxygen atoms in total. The number of rotatable bonds is 5. The van der Waals surface area contributed by atoms with Crippen LogP contribution in [0.25, 0.3) is 0 Å². The van der Waals surface area contributed by atoms with Gasteiger partial charge >= 0.3 is 6.36 Å². The van der Waals surface area contributed by atoms with Crippen molar-refractivity contribution in [1.82, 2.24) is 10.2 Å². The molecule has 2 aromatic rings. The first-order valence-electron chi connectivity index (χ1n) is 7.90. The molecule has 1 fully saturated rings. The second kappa shape index (κ2) is 7.63. The number of ether oxygens (including phenoxy) is 2. The summed E-state index contributed by atoms with van der Waals surface area (Å²) in [5, 5.41) is 5.31. The zero-order valence-electron chi connectivity index (χ0n) is 13.7. The third-order valence-corrected chi connectivity index (χ3v) is 4.99. The molecule has 2 heterocycles. The van der Waals surface area contributed by atoms with E-state index in [1.54, 1.807) is 17.4 Å². The molecular formula is C17H19F3N2O2S. The van der Waals surface area contributed by atoms with E-state index in [1.807, 2.05) is 17.5 Å². The van der Waals surface area contributed by atoms with Gasteiger partial charge < -0.3 is 14.8 Å². The summed E-state index contributed by atoms with van der Waals surface area (Å²) in [6.07, 6.45) is -4.72. The van der Waals surface area contributed by atoms with Crippen LogP contribution in [-0.4, -0.2) is 44.6 Å². The average molecular weight is 372 g/mol. The first-order chi connectivity index (χ1) is 12.0. The number of nitrogens with one attached hydrogen (secondary N) is 1. The van der Waals surface area contributed by atoms with Gasteiger partial charge in [0.05, 0.1) is 13.2 Å². The van der Waals surface area contributed by atoms with E-state index in [9.17, 15) is 13.2 Å². The molecule has 1 N–H and O–H groups in total. The average Bonchev–Trinajstić information content (AvgIpc) is 3.10. The molecule has 1 atom stereocenters. The first kappa shape index (κ1) is 18.0. The summed E-state index contributed by atoms with van der Waals surface area (Å²) >= 11 is 1.62. The third kappa shape index (κ3) is 4.45. The second-order valence-corrected chi connectivity index (χ2v) is 6.63. The van der Waals surface area contributed by atoms with Crippen LogP contribution in [0.1, 0.15) is 16.5 Å². The molecule has 0 spiro atoms. The Morgan fingerprint density at radius 2 is 1.96 bits per heavy atom. The van der Waals surface area contributed by atoms with Crippen molar-refractivity contribution in [2.24, 2.45) is 0 Å². The lowest BCUT2D eigenvalue weighted by molar-refractivity contribution is -0.274.